The predicted octanol–water partition coefficient (Wildman–Crippen LogP) is 4.82. The largest absolute Gasteiger partial charge is 0.409 e. The summed E-state index contributed by atoms with van der Waals surface area (Å²) in [5.41, 5.74) is 5.40. The Labute approximate surface area is 113 Å². The summed E-state index contributed by atoms with van der Waals surface area (Å²) in [5.74, 6) is 0.363. The highest BCUT2D eigenvalue weighted by Gasteiger charge is 1.95. The topological polar surface area (TPSA) is 58.6 Å². The Morgan fingerprint density at radius 1 is 0.778 bits per heavy atom. The lowest BCUT2D eigenvalue weighted by Crippen LogP contribution is -2.10. The van der Waals surface area contributed by atoms with Gasteiger partial charge in [0.1, 0.15) is 5.84 Å². The van der Waals surface area contributed by atoms with Crippen molar-refractivity contribution in [1.82, 2.24) is 0 Å². The van der Waals surface area contributed by atoms with Gasteiger partial charge in [-0.2, -0.15) is 0 Å². The number of hydrogen-bond donors (Lipinski definition) is 2. The first-order chi connectivity index (χ1) is 8.81. The van der Waals surface area contributed by atoms with Crippen molar-refractivity contribution in [2.75, 3.05) is 0 Å². The Morgan fingerprint density at radius 3 is 1.56 bits per heavy atom. The van der Waals surface area contributed by atoms with E-state index < -0.39 is 0 Å². The maximum atomic E-state index is 8.37. The number of hydrogen-bond acceptors (Lipinski definition) is 2. The molecule has 0 aromatic rings. The first-order valence-electron chi connectivity index (χ1n) is 7.77. The first-order valence-corrected chi connectivity index (χ1v) is 7.77. The van der Waals surface area contributed by atoms with E-state index in [1.807, 2.05) is 0 Å². The van der Waals surface area contributed by atoms with Gasteiger partial charge in [0.05, 0.1) is 0 Å². The van der Waals surface area contributed by atoms with Crippen molar-refractivity contribution in [3.8, 4) is 0 Å². The summed E-state index contributed by atoms with van der Waals surface area (Å²) in [6.45, 7) is 2.26. The number of rotatable bonds is 13. The van der Waals surface area contributed by atoms with Gasteiger partial charge in [-0.25, -0.2) is 0 Å². The van der Waals surface area contributed by atoms with Crippen molar-refractivity contribution in [2.45, 2.75) is 90.4 Å². The molecule has 3 nitrogen and oxygen atoms in total. The molecule has 3 heteroatoms. The highest BCUT2D eigenvalue weighted by Crippen LogP contribution is 2.12. The van der Waals surface area contributed by atoms with Gasteiger partial charge in [0.15, 0.2) is 0 Å². The van der Waals surface area contributed by atoms with E-state index in [0.29, 0.717) is 5.84 Å². The van der Waals surface area contributed by atoms with Crippen molar-refractivity contribution < 1.29 is 5.21 Å². The zero-order chi connectivity index (χ0) is 13.5. The van der Waals surface area contributed by atoms with Crippen LogP contribution in [-0.2, 0) is 0 Å². The molecule has 0 unspecified atom stereocenters. The van der Waals surface area contributed by atoms with Gasteiger partial charge in [-0.05, 0) is 6.42 Å². The average Bonchev–Trinajstić information content (AvgIpc) is 2.39. The number of oxime groups is 1. The SMILES string of the molecule is CCCCCCCCCCCCCCC(N)=NO. The molecular formula is C15H32N2O. The third kappa shape index (κ3) is 13.3. The molecule has 0 aliphatic carbocycles. The highest BCUT2D eigenvalue weighted by molar-refractivity contribution is 5.79. The fourth-order valence-electron chi connectivity index (χ4n) is 2.20. The molecule has 0 aliphatic rings. The van der Waals surface area contributed by atoms with Crippen molar-refractivity contribution in [3.63, 3.8) is 0 Å². The van der Waals surface area contributed by atoms with Crippen LogP contribution in [0.25, 0.3) is 0 Å². The molecule has 108 valence electrons. The molecule has 0 heterocycles. The van der Waals surface area contributed by atoms with E-state index in [0.717, 1.165) is 12.8 Å². The third-order valence-corrected chi connectivity index (χ3v) is 3.41. The van der Waals surface area contributed by atoms with E-state index in [2.05, 4.69) is 12.1 Å². The van der Waals surface area contributed by atoms with Crippen molar-refractivity contribution in [1.29, 1.82) is 0 Å². The van der Waals surface area contributed by atoms with Crippen molar-refractivity contribution in [2.24, 2.45) is 10.9 Å². The molecule has 0 radical (unpaired) electrons. The summed E-state index contributed by atoms with van der Waals surface area (Å²) in [7, 11) is 0. The van der Waals surface area contributed by atoms with Gasteiger partial charge < -0.3 is 10.9 Å². The van der Waals surface area contributed by atoms with E-state index in [4.69, 9.17) is 10.9 Å². The van der Waals surface area contributed by atoms with Crippen LogP contribution in [0.3, 0.4) is 0 Å². The van der Waals surface area contributed by atoms with Gasteiger partial charge in [-0.3, -0.25) is 0 Å². The van der Waals surface area contributed by atoms with Crippen LogP contribution in [0.1, 0.15) is 90.4 Å². The van der Waals surface area contributed by atoms with E-state index in [1.54, 1.807) is 0 Å². The minimum Gasteiger partial charge on any atom is -0.409 e. The molecule has 0 aromatic carbocycles. The minimum absolute atomic E-state index is 0.363. The smallest absolute Gasteiger partial charge is 0.139 e. The molecule has 0 aliphatic heterocycles. The molecule has 0 aromatic heterocycles. The van der Waals surface area contributed by atoms with E-state index in [1.165, 1.54) is 70.6 Å². The second-order valence-corrected chi connectivity index (χ2v) is 5.23. The molecule has 0 atom stereocenters. The lowest BCUT2D eigenvalue weighted by molar-refractivity contribution is 0.316. The summed E-state index contributed by atoms with van der Waals surface area (Å²) in [6.07, 6.45) is 16.8. The molecule has 0 saturated carbocycles. The van der Waals surface area contributed by atoms with Crippen LogP contribution >= 0.6 is 0 Å². The molecule has 0 spiro atoms. The number of nitrogens with two attached hydrogens (primary N) is 1. The molecule has 0 saturated heterocycles. The Morgan fingerprint density at radius 2 is 1.17 bits per heavy atom. The van der Waals surface area contributed by atoms with E-state index >= 15 is 0 Å². The minimum atomic E-state index is 0.363. The first kappa shape index (κ1) is 17.3. The number of amidine groups is 1. The summed E-state index contributed by atoms with van der Waals surface area (Å²) in [6, 6.07) is 0. The lowest BCUT2D eigenvalue weighted by atomic mass is 10.0. The maximum Gasteiger partial charge on any atom is 0.139 e. The van der Waals surface area contributed by atoms with Crippen LogP contribution in [0.15, 0.2) is 5.16 Å². The Balaban J connectivity index is 2.99. The fourth-order valence-corrected chi connectivity index (χ4v) is 2.20. The lowest BCUT2D eigenvalue weighted by Gasteiger charge is -2.02. The molecule has 0 bridgehead atoms. The van der Waals surface area contributed by atoms with Gasteiger partial charge in [0.25, 0.3) is 0 Å². The quantitative estimate of drug-likeness (QED) is 0.163. The second-order valence-electron chi connectivity index (χ2n) is 5.23. The van der Waals surface area contributed by atoms with Gasteiger partial charge in [0, 0.05) is 6.42 Å². The molecule has 0 amide bonds. The standard InChI is InChI=1S/C15H32N2O/c1-2-3-4-5-6-7-8-9-10-11-12-13-14-15(16)17-18/h18H,2-14H2,1H3,(H2,16,17). The maximum absolute atomic E-state index is 8.37. The van der Waals surface area contributed by atoms with Crippen molar-refractivity contribution >= 4 is 5.84 Å². The van der Waals surface area contributed by atoms with Gasteiger partial charge >= 0.3 is 0 Å². The number of unbranched alkanes of at least 4 members (excludes halogenated alkanes) is 11. The molecule has 0 fully saturated rings. The monoisotopic (exact) mass is 256 g/mol. The third-order valence-electron chi connectivity index (χ3n) is 3.41. The summed E-state index contributed by atoms with van der Waals surface area (Å²) in [4.78, 5) is 0. The van der Waals surface area contributed by atoms with E-state index in [9.17, 15) is 0 Å². The Kier molecular flexibility index (Phi) is 13.8. The molecule has 3 N–H and O–H groups in total. The zero-order valence-electron chi connectivity index (χ0n) is 12.2. The Bertz CT molecular complexity index is 193. The summed E-state index contributed by atoms with van der Waals surface area (Å²) in [5, 5.41) is 11.3. The van der Waals surface area contributed by atoms with Crippen LogP contribution in [0.2, 0.25) is 0 Å². The number of nitrogens with zero attached hydrogens (tertiary/aromatic N) is 1. The van der Waals surface area contributed by atoms with E-state index in [-0.39, 0.29) is 0 Å². The van der Waals surface area contributed by atoms with Gasteiger partial charge in [-0.15, -0.1) is 0 Å². The fraction of sp³-hybridized carbons (Fsp3) is 0.933. The average molecular weight is 256 g/mol. The van der Waals surface area contributed by atoms with Gasteiger partial charge in [-0.1, -0.05) is 82.7 Å². The Hall–Kier alpha value is -0.730. The second kappa shape index (κ2) is 14.3. The van der Waals surface area contributed by atoms with Crippen LogP contribution < -0.4 is 5.73 Å². The van der Waals surface area contributed by atoms with Crippen LogP contribution in [-0.4, -0.2) is 11.0 Å². The van der Waals surface area contributed by atoms with Crippen molar-refractivity contribution in [3.05, 3.63) is 0 Å². The van der Waals surface area contributed by atoms with Crippen LogP contribution in [0.5, 0.6) is 0 Å². The summed E-state index contributed by atoms with van der Waals surface area (Å²) < 4.78 is 0. The molecular weight excluding hydrogens is 224 g/mol. The zero-order valence-corrected chi connectivity index (χ0v) is 12.2. The molecule has 18 heavy (non-hydrogen) atoms. The summed E-state index contributed by atoms with van der Waals surface area (Å²) >= 11 is 0. The molecule has 0 rings (SSSR count). The predicted molar refractivity (Wildman–Crippen MR) is 79.1 cm³/mol. The normalized spacial score (nSPS) is 11.9. The van der Waals surface area contributed by atoms with Crippen LogP contribution in [0.4, 0.5) is 0 Å². The van der Waals surface area contributed by atoms with Crippen LogP contribution in [0, 0.1) is 0 Å². The van der Waals surface area contributed by atoms with Gasteiger partial charge in [0.2, 0.25) is 0 Å². The highest BCUT2D eigenvalue weighted by atomic mass is 16.4.